The lowest BCUT2D eigenvalue weighted by Gasteiger charge is -2.11. The van der Waals surface area contributed by atoms with Crippen molar-refractivity contribution in [2.24, 2.45) is 5.73 Å². The molecule has 0 saturated carbocycles. The van der Waals surface area contributed by atoms with E-state index in [1.807, 2.05) is 25.1 Å². The van der Waals surface area contributed by atoms with Crippen LogP contribution in [0.5, 0.6) is 0 Å². The average Bonchev–Trinajstić information content (AvgIpc) is 2.34. The van der Waals surface area contributed by atoms with Crippen molar-refractivity contribution in [1.29, 1.82) is 0 Å². The molecule has 0 aliphatic rings. The van der Waals surface area contributed by atoms with Crippen LogP contribution in [0.3, 0.4) is 0 Å². The van der Waals surface area contributed by atoms with Crippen molar-refractivity contribution >= 4 is 44.5 Å². The summed E-state index contributed by atoms with van der Waals surface area (Å²) in [5.74, 6) is -0.429. The molecule has 0 fully saturated rings. The first-order chi connectivity index (χ1) is 8.99. The van der Waals surface area contributed by atoms with Crippen molar-refractivity contribution in [1.82, 2.24) is 0 Å². The van der Waals surface area contributed by atoms with Gasteiger partial charge < -0.3 is 11.1 Å². The Bertz CT molecular complexity index is 643. The molecule has 0 atom stereocenters. The van der Waals surface area contributed by atoms with Crippen molar-refractivity contribution in [2.75, 3.05) is 5.32 Å². The molecule has 5 heteroatoms. The van der Waals surface area contributed by atoms with Crippen molar-refractivity contribution in [3.8, 4) is 0 Å². The minimum atomic E-state index is -0.429. The predicted molar refractivity (Wildman–Crippen MR) is 84.4 cm³/mol. The molecule has 2 aromatic rings. The maximum atomic E-state index is 13.8. The summed E-state index contributed by atoms with van der Waals surface area (Å²) in [5.41, 5.74) is 8.30. The first-order valence-electron chi connectivity index (χ1n) is 5.60. The summed E-state index contributed by atoms with van der Waals surface area (Å²) in [5, 5.41) is 3.15. The molecule has 2 nitrogen and oxygen atoms in total. The number of nitrogens with one attached hydrogen (secondary N) is 1. The molecular weight excluding hydrogens is 327 g/mol. The van der Waals surface area contributed by atoms with Gasteiger partial charge in [0.05, 0.1) is 5.69 Å². The van der Waals surface area contributed by atoms with Crippen LogP contribution in [0.1, 0.15) is 11.1 Å². The first-order valence-corrected chi connectivity index (χ1v) is 6.80. The zero-order valence-electron chi connectivity index (χ0n) is 10.2. The zero-order chi connectivity index (χ0) is 14.0. The fraction of sp³-hybridized carbons (Fsp3) is 0.0714. The molecule has 19 heavy (non-hydrogen) atoms. The van der Waals surface area contributed by atoms with Crippen LogP contribution in [0, 0.1) is 12.7 Å². The van der Waals surface area contributed by atoms with E-state index in [-0.39, 0.29) is 10.6 Å². The van der Waals surface area contributed by atoms with E-state index in [2.05, 4.69) is 21.2 Å². The lowest BCUT2D eigenvalue weighted by molar-refractivity contribution is 0.626. The normalized spacial score (nSPS) is 10.3. The first kappa shape index (κ1) is 14.0. The van der Waals surface area contributed by atoms with Crippen LogP contribution < -0.4 is 11.1 Å². The maximum absolute atomic E-state index is 13.8. The number of aryl methyl sites for hydroxylation is 1. The minimum Gasteiger partial charge on any atom is -0.389 e. The number of rotatable bonds is 3. The smallest absolute Gasteiger partial charge is 0.135 e. The molecule has 0 aliphatic heterocycles. The summed E-state index contributed by atoms with van der Waals surface area (Å²) in [6.07, 6.45) is 0. The SMILES string of the molecule is Cc1cccc(Nc2ccc(C(N)=S)c(F)c2)c1Br. The third-order valence-corrected chi connectivity index (χ3v) is 3.98. The second-order valence-electron chi connectivity index (χ2n) is 4.12. The molecule has 0 radical (unpaired) electrons. The van der Waals surface area contributed by atoms with Crippen LogP contribution in [0.2, 0.25) is 0 Å². The third-order valence-electron chi connectivity index (χ3n) is 2.71. The highest BCUT2D eigenvalue weighted by atomic mass is 79.9. The number of thiocarbonyl (C=S) groups is 1. The lowest BCUT2D eigenvalue weighted by atomic mass is 10.1. The molecule has 98 valence electrons. The molecule has 2 aromatic carbocycles. The standard InChI is InChI=1S/C14H12BrFN2S/c1-8-3-2-4-12(13(8)15)18-9-5-6-10(14(17)19)11(16)7-9/h2-7,18H,1H3,(H2,17,19). The minimum absolute atomic E-state index is 0.0563. The monoisotopic (exact) mass is 338 g/mol. The van der Waals surface area contributed by atoms with Crippen LogP contribution in [0.4, 0.5) is 15.8 Å². The number of halogens is 2. The molecular formula is C14H12BrFN2S. The molecule has 0 heterocycles. The second kappa shape index (κ2) is 5.67. The van der Waals surface area contributed by atoms with Gasteiger partial charge in [0, 0.05) is 15.7 Å². The van der Waals surface area contributed by atoms with Crippen LogP contribution >= 0.6 is 28.1 Å². The number of anilines is 2. The Morgan fingerprint density at radius 2 is 2.05 bits per heavy atom. The molecule has 0 saturated heterocycles. The van der Waals surface area contributed by atoms with Crippen LogP contribution in [-0.2, 0) is 0 Å². The average molecular weight is 339 g/mol. The van der Waals surface area contributed by atoms with Crippen molar-refractivity contribution in [2.45, 2.75) is 6.92 Å². The molecule has 0 aromatic heterocycles. The van der Waals surface area contributed by atoms with Gasteiger partial charge in [0.2, 0.25) is 0 Å². The number of hydrogen-bond donors (Lipinski definition) is 2. The second-order valence-corrected chi connectivity index (χ2v) is 5.35. The Kier molecular flexibility index (Phi) is 4.17. The van der Waals surface area contributed by atoms with E-state index < -0.39 is 5.82 Å². The van der Waals surface area contributed by atoms with Gasteiger partial charge in [-0.15, -0.1) is 0 Å². The molecule has 0 unspecified atom stereocenters. The quantitative estimate of drug-likeness (QED) is 0.820. The van der Waals surface area contributed by atoms with E-state index in [1.54, 1.807) is 12.1 Å². The highest BCUT2D eigenvalue weighted by molar-refractivity contribution is 9.10. The largest absolute Gasteiger partial charge is 0.389 e. The van der Waals surface area contributed by atoms with Crippen LogP contribution in [0.25, 0.3) is 0 Å². The fourth-order valence-electron chi connectivity index (χ4n) is 1.69. The number of hydrogen-bond acceptors (Lipinski definition) is 2. The van der Waals surface area contributed by atoms with E-state index >= 15 is 0 Å². The zero-order valence-corrected chi connectivity index (χ0v) is 12.6. The Hall–Kier alpha value is -1.46. The van der Waals surface area contributed by atoms with E-state index in [9.17, 15) is 4.39 Å². The Labute approximate surface area is 124 Å². The molecule has 3 N–H and O–H groups in total. The third kappa shape index (κ3) is 3.11. The Balaban J connectivity index is 2.32. The Morgan fingerprint density at radius 1 is 1.32 bits per heavy atom. The van der Waals surface area contributed by atoms with Gasteiger partial charge in [-0.1, -0.05) is 24.4 Å². The van der Waals surface area contributed by atoms with Gasteiger partial charge in [-0.3, -0.25) is 0 Å². The van der Waals surface area contributed by atoms with Gasteiger partial charge in [-0.05, 0) is 52.7 Å². The summed E-state index contributed by atoms with van der Waals surface area (Å²) in [4.78, 5) is 0.0563. The van der Waals surface area contributed by atoms with Crippen molar-refractivity contribution < 1.29 is 4.39 Å². The van der Waals surface area contributed by atoms with Gasteiger partial charge in [0.15, 0.2) is 0 Å². The summed E-state index contributed by atoms with van der Waals surface area (Å²) >= 11 is 8.27. The van der Waals surface area contributed by atoms with Gasteiger partial charge >= 0.3 is 0 Å². The van der Waals surface area contributed by atoms with E-state index in [0.717, 1.165) is 15.7 Å². The molecule has 0 bridgehead atoms. The van der Waals surface area contributed by atoms with E-state index in [0.29, 0.717) is 5.69 Å². The predicted octanol–water partition coefficient (Wildman–Crippen LogP) is 4.27. The van der Waals surface area contributed by atoms with E-state index in [1.165, 1.54) is 6.07 Å². The van der Waals surface area contributed by atoms with Crippen LogP contribution in [-0.4, -0.2) is 4.99 Å². The van der Waals surface area contributed by atoms with Gasteiger partial charge in [0.25, 0.3) is 0 Å². The summed E-state index contributed by atoms with van der Waals surface area (Å²) in [7, 11) is 0. The Morgan fingerprint density at radius 3 is 2.68 bits per heavy atom. The summed E-state index contributed by atoms with van der Waals surface area (Å²) < 4.78 is 14.7. The van der Waals surface area contributed by atoms with Crippen LogP contribution in [0.15, 0.2) is 40.9 Å². The van der Waals surface area contributed by atoms with Crippen molar-refractivity contribution in [3.05, 3.63) is 57.8 Å². The topological polar surface area (TPSA) is 38.0 Å². The molecule has 0 aliphatic carbocycles. The van der Waals surface area contributed by atoms with Gasteiger partial charge in [0.1, 0.15) is 10.8 Å². The highest BCUT2D eigenvalue weighted by Gasteiger charge is 2.07. The van der Waals surface area contributed by atoms with Gasteiger partial charge in [-0.2, -0.15) is 0 Å². The van der Waals surface area contributed by atoms with E-state index in [4.69, 9.17) is 18.0 Å². The highest BCUT2D eigenvalue weighted by Crippen LogP contribution is 2.29. The fourth-order valence-corrected chi connectivity index (χ4v) is 2.22. The summed E-state index contributed by atoms with van der Waals surface area (Å²) in [6.45, 7) is 1.99. The molecule has 2 rings (SSSR count). The van der Waals surface area contributed by atoms with Gasteiger partial charge in [-0.25, -0.2) is 4.39 Å². The summed E-state index contributed by atoms with van der Waals surface area (Å²) in [6, 6.07) is 10.5. The lowest BCUT2D eigenvalue weighted by Crippen LogP contribution is -2.11. The molecule has 0 spiro atoms. The molecule has 0 amide bonds. The number of nitrogens with two attached hydrogens (primary N) is 1. The van der Waals surface area contributed by atoms with Crippen molar-refractivity contribution in [3.63, 3.8) is 0 Å². The number of benzene rings is 2. The maximum Gasteiger partial charge on any atom is 0.135 e.